The van der Waals surface area contributed by atoms with Gasteiger partial charge < -0.3 is 14.2 Å². The number of H-pyrrole nitrogens is 1. The van der Waals surface area contributed by atoms with Crippen LogP contribution in [0, 0.1) is 13.8 Å². The number of aryl methyl sites for hydroxylation is 2. The summed E-state index contributed by atoms with van der Waals surface area (Å²) in [5, 5.41) is 11.1. The van der Waals surface area contributed by atoms with Gasteiger partial charge in [0.2, 0.25) is 17.6 Å². The molecule has 8 heteroatoms. The van der Waals surface area contributed by atoms with E-state index in [1.807, 2.05) is 27.7 Å². The summed E-state index contributed by atoms with van der Waals surface area (Å²) in [6.45, 7) is 9.28. The molecule has 3 rings (SSSR count). The molecule has 0 aromatic carbocycles. The maximum atomic E-state index is 12.6. The number of rotatable bonds is 4. The lowest BCUT2D eigenvalue weighted by atomic mass is 10.1. The minimum Gasteiger partial charge on any atom is -0.366 e. The first-order chi connectivity index (χ1) is 11.5. The summed E-state index contributed by atoms with van der Waals surface area (Å²) in [6.07, 6.45) is -0.00446. The molecular weight excluding hydrogens is 310 g/mol. The highest BCUT2D eigenvalue weighted by molar-refractivity contribution is 5.79. The van der Waals surface area contributed by atoms with Gasteiger partial charge in [0.1, 0.15) is 6.10 Å². The number of hydrogen-bond acceptors (Lipinski definition) is 6. The van der Waals surface area contributed by atoms with Gasteiger partial charge in [0.15, 0.2) is 0 Å². The molecule has 2 aromatic rings. The highest BCUT2D eigenvalue weighted by atomic mass is 16.5. The van der Waals surface area contributed by atoms with Gasteiger partial charge in [0.05, 0.1) is 25.3 Å². The fourth-order valence-electron chi connectivity index (χ4n) is 2.74. The third-order valence-corrected chi connectivity index (χ3v) is 4.27. The molecule has 1 aliphatic heterocycles. The monoisotopic (exact) mass is 333 g/mol. The van der Waals surface area contributed by atoms with E-state index in [-0.39, 0.29) is 17.9 Å². The summed E-state index contributed by atoms with van der Waals surface area (Å²) in [5.74, 6) is 1.32. The molecule has 1 fully saturated rings. The molecule has 2 aromatic heterocycles. The van der Waals surface area contributed by atoms with Gasteiger partial charge in [-0.05, 0) is 13.8 Å². The zero-order chi connectivity index (χ0) is 17.3. The van der Waals surface area contributed by atoms with E-state index in [4.69, 9.17) is 9.26 Å². The summed E-state index contributed by atoms with van der Waals surface area (Å²) >= 11 is 0. The van der Waals surface area contributed by atoms with Gasteiger partial charge in [0, 0.05) is 23.7 Å². The molecule has 0 aliphatic carbocycles. The van der Waals surface area contributed by atoms with Crippen LogP contribution in [0.25, 0.3) is 0 Å². The van der Waals surface area contributed by atoms with Gasteiger partial charge in [-0.3, -0.25) is 9.89 Å². The van der Waals surface area contributed by atoms with Crippen molar-refractivity contribution in [2.24, 2.45) is 0 Å². The van der Waals surface area contributed by atoms with E-state index < -0.39 is 0 Å². The molecule has 0 spiro atoms. The zero-order valence-electron chi connectivity index (χ0n) is 14.5. The third kappa shape index (κ3) is 3.33. The molecular formula is C16H23N5O3. The Morgan fingerprint density at radius 3 is 2.83 bits per heavy atom. The fourth-order valence-corrected chi connectivity index (χ4v) is 2.74. The number of nitrogens with one attached hydrogen (secondary N) is 1. The van der Waals surface area contributed by atoms with Crippen LogP contribution in [0.2, 0.25) is 0 Å². The number of nitrogens with zero attached hydrogens (tertiary/aromatic N) is 4. The Bertz CT molecular complexity index is 702. The number of morpholine rings is 1. The van der Waals surface area contributed by atoms with Crippen LogP contribution in [0.3, 0.4) is 0 Å². The molecule has 1 aliphatic rings. The molecule has 3 heterocycles. The van der Waals surface area contributed by atoms with Crippen molar-refractivity contribution in [3.8, 4) is 0 Å². The zero-order valence-corrected chi connectivity index (χ0v) is 14.5. The molecule has 0 radical (unpaired) electrons. The summed E-state index contributed by atoms with van der Waals surface area (Å²) in [5.41, 5.74) is 2.76. The second-order valence-electron chi connectivity index (χ2n) is 6.43. The summed E-state index contributed by atoms with van der Waals surface area (Å²) < 4.78 is 11.0. The van der Waals surface area contributed by atoms with Gasteiger partial charge in [0.25, 0.3) is 0 Å². The average molecular weight is 333 g/mol. The Balaban J connectivity index is 1.67. The van der Waals surface area contributed by atoms with E-state index in [0.29, 0.717) is 37.8 Å². The standard InChI is InChI=1S/C16H23N5O3/c1-9(2)16-17-15(20-24-16)13-8-21(5-6-23-13)14(22)7-12-10(3)18-19-11(12)4/h9,13H,5-8H2,1-4H3,(H,18,19). The first kappa shape index (κ1) is 16.6. The van der Waals surface area contributed by atoms with E-state index >= 15 is 0 Å². The lowest BCUT2D eigenvalue weighted by Crippen LogP contribution is -2.43. The first-order valence-electron chi connectivity index (χ1n) is 8.19. The highest BCUT2D eigenvalue weighted by Crippen LogP contribution is 2.23. The highest BCUT2D eigenvalue weighted by Gasteiger charge is 2.29. The number of aromatic amines is 1. The molecule has 0 bridgehead atoms. The number of carbonyl (C=O) groups excluding carboxylic acids is 1. The van der Waals surface area contributed by atoms with Crippen molar-refractivity contribution < 1.29 is 14.1 Å². The molecule has 8 nitrogen and oxygen atoms in total. The maximum absolute atomic E-state index is 12.6. The number of amides is 1. The van der Waals surface area contributed by atoms with Crippen LogP contribution in [0.4, 0.5) is 0 Å². The van der Waals surface area contributed by atoms with Gasteiger partial charge in [-0.25, -0.2) is 0 Å². The number of hydrogen-bond donors (Lipinski definition) is 1. The normalized spacial score (nSPS) is 18.4. The Morgan fingerprint density at radius 1 is 1.42 bits per heavy atom. The summed E-state index contributed by atoms with van der Waals surface area (Å²) in [4.78, 5) is 18.8. The summed E-state index contributed by atoms with van der Waals surface area (Å²) in [6, 6.07) is 0. The van der Waals surface area contributed by atoms with E-state index in [0.717, 1.165) is 17.0 Å². The predicted molar refractivity (Wildman–Crippen MR) is 85.4 cm³/mol. The second-order valence-corrected chi connectivity index (χ2v) is 6.43. The largest absolute Gasteiger partial charge is 0.366 e. The first-order valence-corrected chi connectivity index (χ1v) is 8.19. The lowest BCUT2D eigenvalue weighted by Gasteiger charge is -2.31. The van der Waals surface area contributed by atoms with Crippen LogP contribution in [0.15, 0.2) is 4.52 Å². The SMILES string of the molecule is Cc1n[nH]c(C)c1CC(=O)N1CCOC(c2noc(C(C)C)n2)C1. The smallest absolute Gasteiger partial charge is 0.229 e. The quantitative estimate of drug-likeness (QED) is 0.914. The Kier molecular flexibility index (Phi) is 4.66. The van der Waals surface area contributed by atoms with Crippen LogP contribution in [-0.2, 0) is 16.0 Å². The van der Waals surface area contributed by atoms with Gasteiger partial charge in [-0.15, -0.1) is 0 Å². The molecule has 130 valence electrons. The molecule has 1 atom stereocenters. The molecule has 1 N–H and O–H groups in total. The van der Waals surface area contributed by atoms with Crippen LogP contribution in [-0.4, -0.2) is 50.8 Å². The topological polar surface area (TPSA) is 97.1 Å². The minimum absolute atomic E-state index is 0.0588. The van der Waals surface area contributed by atoms with Crippen molar-refractivity contribution in [2.75, 3.05) is 19.7 Å². The van der Waals surface area contributed by atoms with Crippen molar-refractivity contribution >= 4 is 5.91 Å². The van der Waals surface area contributed by atoms with Crippen molar-refractivity contribution in [1.82, 2.24) is 25.2 Å². The number of ether oxygens (including phenoxy) is 1. The van der Waals surface area contributed by atoms with E-state index in [2.05, 4.69) is 20.3 Å². The molecule has 0 saturated carbocycles. The van der Waals surface area contributed by atoms with Gasteiger partial charge >= 0.3 is 0 Å². The van der Waals surface area contributed by atoms with Crippen LogP contribution >= 0.6 is 0 Å². The number of aromatic nitrogens is 4. The molecule has 1 saturated heterocycles. The average Bonchev–Trinajstić information content (AvgIpc) is 3.18. The lowest BCUT2D eigenvalue weighted by molar-refractivity contribution is -0.138. The maximum Gasteiger partial charge on any atom is 0.229 e. The molecule has 24 heavy (non-hydrogen) atoms. The van der Waals surface area contributed by atoms with E-state index in [1.54, 1.807) is 4.90 Å². The minimum atomic E-state index is -0.342. The van der Waals surface area contributed by atoms with Crippen molar-refractivity contribution in [1.29, 1.82) is 0 Å². The van der Waals surface area contributed by atoms with Crippen LogP contribution in [0.5, 0.6) is 0 Å². The second kappa shape index (κ2) is 6.72. The molecule has 1 amide bonds. The van der Waals surface area contributed by atoms with Gasteiger partial charge in [-0.2, -0.15) is 10.1 Å². The Morgan fingerprint density at radius 2 is 2.21 bits per heavy atom. The van der Waals surface area contributed by atoms with Crippen molar-refractivity contribution in [2.45, 2.75) is 46.1 Å². The summed E-state index contributed by atoms with van der Waals surface area (Å²) in [7, 11) is 0. The third-order valence-electron chi connectivity index (χ3n) is 4.27. The number of carbonyl (C=O) groups is 1. The van der Waals surface area contributed by atoms with Crippen molar-refractivity contribution in [3.05, 3.63) is 28.7 Å². The van der Waals surface area contributed by atoms with E-state index in [9.17, 15) is 4.79 Å². The fraction of sp³-hybridized carbons (Fsp3) is 0.625. The molecule has 1 unspecified atom stereocenters. The Hall–Kier alpha value is -2.22. The van der Waals surface area contributed by atoms with Crippen LogP contribution in [0.1, 0.15) is 54.5 Å². The van der Waals surface area contributed by atoms with Crippen molar-refractivity contribution in [3.63, 3.8) is 0 Å². The Labute approximate surface area is 140 Å². The van der Waals surface area contributed by atoms with Crippen LogP contribution < -0.4 is 0 Å². The van der Waals surface area contributed by atoms with Gasteiger partial charge in [-0.1, -0.05) is 19.0 Å². The predicted octanol–water partition coefficient (Wildman–Crippen LogP) is 1.68. The van der Waals surface area contributed by atoms with E-state index in [1.165, 1.54) is 0 Å².